The van der Waals surface area contributed by atoms with Gasteiger partial charge in [-0.2, -0.15) is 5.10 Å². The highest BCUT2D eigenvalue weighted by molar-refractivity contribution is 8.18. The van der Waals surface area contributed by atoms with E-state index in [9.17, 15) is 19.8 Å². The molecular weight excluding hydrogens is 322 g/mol. The number of para-hydroxylation sites is 1. The molecule has 120 valence electrons. The number of phenols is 2. The van der Waals surface area contributed by atoms with Crippen molar-refractivity contribution >= 4 is 35.0 Å². The molecule has 0 aliphatic carbocycles. The van der Waals surface area contributed by atoms with Gasteiger partial charge < -0.3 is 14.9 Å². The molecule has 1 aromatic rings. The van der Waals surface area contributed by atoms with E-state index in [-0.39, 0.29) is 33.7 Å². The zero-order valence-corrected chi connectivity index (χ0v) is 12.8. The summed E-state index contributed by atoms with van der Waals surface area (Å²) in [5.74, 6) is -1.68. The minimum atomic E-state index is -0.611. The van der Waals surface area contributed by atoms with Crippen LogP contribution in [0.5, 0.6) is 11.5 Å². The van der Waals surface area contributed by atoms with Crippen LogP contribution < -0.4 is 5.32 Å². The van der Waals surface area contributed by atoms with Gasteiger partial charge in [0.2, 0.25) is 0 Å². The Hall–Kier alpha value is -2.81. The van der Waals surface area contributed by atoms with Crippen LogP contribution in [0.3, 0.4) is 0 Å². The van der Waals surface area contributed by atoms with Crippen LogP contribution in [-0.4, -0.2) is 40.1 Å². The van der Waals surface area contributed by atoms with E-state index in [1.165, 1.54) is 24.4 Å². The Labute approximate surface area is 135 Å². The maximum atomic E-state index is 11.6. The summed E-state index contributed by atoms with van der Waals surface area (Å²) in [5.41, 5.74) is 0.269. The lowest BCUT2D eigenvalue weighted by atomic mass is 10.2. The molecule has 1 heterocycles. The first-order valence-electron chi connectivity index (χ1n) is 6.51. The van der Waals surface area contributed by atoms with Gasteiger partial charge in [0.1, 0.15) is 0 Å². The second-order valence-corrected chi connectivity index (χ2v) is 5.21. The molecule has 1 aromatic carbocycles. The van der Waals surface area contributed by atoms with E-state index in [0.29, 0.717) is 0 Å². The fraction of sp³-hybridized carbons (Fsp3) is 0.143. The fourth-order valence-corrected chi connectivity index (χ4v) is 2.30. The van der Waals surface area contributed by atoms with Crippen molar-refractivity contribution in [3.63, 3.8) is 0 Å². The van der Waals surface area contributed by atoms with Crippen LogP contribution in [0.4, 0.5) is 0 Å². The normalized spacial score (nSPS) is 17.9. The van der Waals surface area contributed by atoms with Crippen molar-refractivity contribution in [2.24, 2.45) is 10.2 Å². The third-order valence-electron chi connectivity index (χ3n) is 2.58. The van der Waals surface area contributed by atoms with Gasteiger partial charge in [0.25, 0.3) is 5.91 Å². The monoisotopic (exact) mass is 335 g/mol. The molecule has 0 atom stereocenters. The number of aromatic hydroxyl groups is 2. The molecule has 1 saturated heterocycles. The summed E-state index contributed by atoms with van der Waals surface area (Å²) in [6.07, 6.45) is 2.30. The second-order valence-electron chi connectivity index (χ2n) is 4.18. The molecule has 8 nitrogen and oxygen atoms in total. The molecule has 1 amide bonds. The number of amides is 1. The van der Waals surface area contributed by atoms with E-state index in [4.69, 9.17) is 4.74 Å². The predicted octanol–water partition coefficient (Wildman–Crippen LogP) is 1.10. The van der Waals surface area contributed by atoms with Crippen LogP contribution in [0.2, 0.25) is 0 Å². The zero-order chi connectivity index (χ0) is 16.8. The molecule has 0 radical (unpaired) electrons. The van der Waals surface area contributed by atoms with Crippen LogP contribution in [0.1, 0.15) is 12.5 Å². The smallest absolute Gasteiger partial charge is 0.332 e. The van der Waals surface area contributed by atoms with Gasteiger partial charge in [-0.15, -0.1) is 5.10 Å². The largest absolute Gasteiger partial charge is 0.504 e. The fourth-order valence-electron chi connectivity index (χ4n) is 1.56. The lowest BCUT2D eigenvalue weighted by Gasteiger charge is -1.99. The van der Waals surface area contributed by atoms with Gasteiger partial charge in [0, 0.05) is 11.6 Å². The summed E-state index contributed by atoms with van der Waals surface area (Å²) in [6, 6.07) is 4.40. The summed E-state index contributed by atoms with van der Waals surface area (Å²) in [6.45, 7) is 1.88. The van der Waals surface area contributed by atoms with Crippen molar-refractivity contribution in [1.82, 2.24) is 5.32 Å². The maximum absolute atomic E-state index is 11.6. The SMILES string of the molecule is CCOC(=O)/C=C1\S/C(=N/N=C/c2cccc(O)c2O)NC1=O. The lowest BCUT2D eigenvalue weighted by Crippen LogP contribution is -2.19. The zero-order valence-electron chi connectivity index (χ0n) is 12.0. The van der Waals surface area contributed by atoms with Gasteiger partial charge >= 0.3 is 5.97 Å². The molecule has 0 aromatic heterocycles. The summed E-state index contributed by atoms with van der Waals surface area (Å²) in [7, 11) is 0. The number of carbonyl (C=O) groups is 2. The topological polar surface area (TPSA) is 121 Å². The first-order valence-corrected chi connectivity index (χ1v) is 7.32. The molecule has 2 rings (SSSR count). The van der Waals surface area contributed by atoms with E-state index in [1.807, 2.05) is 0 Å². The Balaban J connectivity index is 2.07. The van der Waals surface area contributed by atoms with Crippen LogP contribution in [0, 0.1) is 0 Å². The van der Waals surface area contributed by atoms with Crippen molar-refractivity contribution in [2.75, 3.05) is 6.61 Å². The molecule has 9 heteroatoms. The molecule has 23 heavy (non-hydrogen) atoms. The molecule has 1 aliphatic rings. The molecule has 0 saturated carbocycles. The van der Waals surface area contributed by atoms with Crippen molar-refractivity contribution in [3.05, 3.63) is 34.7 Å². The Kier molecular flexibility index (Phi) is 5.36. The number of hydrogen-bond donors (Lipinski definition) is 3. The van der Waals surface area contributed by atoms with Gasteiger partial charge in [-0.3, -0.25) is 10.1 Å². The average molecular weight is 335 g/mol. The number of thioether (sulfide) groups is 1. The van der Waals surface area contributed by atoms with Gasteiger partial charge in [0.15, 0.2) is 16.7 Å². The summed E-state index contributed by atoms with van der Waals surface area (Å²) in [4.78, 5) is 23.1. The van der Waals surface area contributed by atoms with E-state index in [2.05, 4.69) is 15.5 Å². The van der Waals surface area contributed by atoms with E-state index in [0.717, 1.165) is 17.8 Å². The molecule has 0 unspecified atom stereocenters. The number of phenolic OH excluding ortho intramolecular Hbond substituents is 2. The summed E-state index contributed by atoms with van der Waals surface area (Å²) in [5, 5.41) is 29.1. The number of carbonyl (C=O) groups excluding carboxylic acids is 2. The number of nitrogens with zero attached hydrogens (tertiary/aromatic N) is 2. The van der Waals surface area contributed by atoms with Crippen molar-refractivity contribution in [2.45, 2.75) is 6.92 Å². The highest BCUT2D eigenvalue weighted by Gasteiger charge is 2.25. The van der Waals surface area contributed by atoms with E-state index in [1.54, 1.807) is 6.92 Å². The molecular formula is C14H13N3O5S. The second kappa shape index (κ2) is 7.45. The first-order chi connectivity index (χ1) is 11.0. The minimum absolute atomic E-state index is 0.151. The Bertz CT molecular complexity index is 727. The third-order valence-corrected chi connectivity index (χ3v) is 3.48. The van der Waals surface area contributed by atoms with Gasteiger partial charge in [-0.05, 0) is 30.8 Å². The molecule has 3 N–H and O–H groups in total. The molecule has 1 aliphatic heterocycles. The molecule has 0 spiro atoms. The highest BCUT2D eigenvalue weighted by Crippen LogP contribution is 2.27. The van der Waals surface area contributed by atoms with Crippen LogP contribution in [0.15, 0.2) is 39.4 Å². The van der Waals surface area contributed by atoms with E-state index < -0.39 is 11.9 Å². The number of esters is 1. The van der Waals surface area contributed by atoms with Gasteiger partial charge in [-0.1, -0.05) is 6.07 Å². The standard InChI is InChI=1S/C14H13N3O5S/c1-2-22-11(19)6-10-13(21)16-14(23-10)17-15-7-8-4-3-5-9(18)12(8)20/h3-7,18,20H,2H2,1H3,(H,16,17,21)/b10-6-,15-7+. The van der Waals surface area contributed by atoms with E-state index >= 15 is 0 Å². The van der Waals surface area contributed by atoms with Crippen LogP contribution in [0.25, 0.3) is 0 Å². The quantitative estimate of drug-likeness (QED) is 0.249. The maximum Gasteiger partial charge on any atom is 0.332 e. The number of ether oxygens (including phenoxy) is 1. The summed E-state index contributed by atoms with van der Waals surface area (Å²) < 4.78 is 4.72. The number of nitrogens with one attached hydrogen (secondary N) is 1. The molecule has 1 fully saturated rings. The summed E-state index contributed by atoms with van der Waals surface area (Å²) >= 11 is 0.939. The highest BCUT2D eigenvalue weighted by atomic mass is 32.2. The Morgan fingerprint density at radius 2 is 2.22 bits per heavy atom. The third kappa shape index (κ3) is 4.33. The van der Waals surface area contributed by atoms with Crippen LogP contribution >= 0.6 is 11.8 Å². The predicted molar refractivity (Wildman–Crippen MR) is 85.3 cm³/mol. The van der Waals surface area contributed by atoms with Gasteiger partial charge in [0.05, 0.1) is 17.7 Å². The number of rotatable bonds is 4. The Morgan fingerprint density at radius 1 is 1.43 bits per heavy atom. The lowest BCUT2D eigenvalue weighted by molar-refractivity contribution is -0.137. The number of hydrogen-bond acceptors (Lipinski definition) is 8. The minimum Gasteiger partial charge on any atom is -0.504 e. The van der Waals surface area contributed by atoms with Gasteiger partial charge in [-0.25, -0.2) is 4.79 Å². The van der Waals surface area contributed by atoms with Crippen LogP contribution in [-0.2, 0) is 14.3 Å². The number of benzene rings is 1. The Morgan fingerprint density at radius 3 is 2.96 bits per heavy atom. The average Bonchev–Trinajstić information content (AvgIpc) is 2.84. The van der Waals surface area contributed by atoms with Crippen molar-refractivity contribution in [3.8, 4) is 11.5 Å². The van der Waals surface area contributed by atoms with Crippen molar-refractivity contribution < 1.29 is 24.5 Å². The van der Waals surface area contributed by atoms with Crippen molar-refractivity contribution in [1.29, 1.82) is 0 Å². The first kappa shape index (κ1) is 16.6. The number of amidine groups is 1. The molecule has 0 bridgehead atoms.